The van der Waals surface area contributed by atoms with Crippen LogP contribution >= 0.6 is 23.2 Å². The molecule has 0 aliphatic rings. The molecule has 0 fully saturated rings. The van der Waals surface area contributed by atoms with E-state index in [2.05, 4.69) is 41.0 Å². The maximum atomic E-state index is 11.8. The Hall–Kier alpha value is -4.88. The van der Waals surface area contributed by atoms with Crippen molar-refractivity contribution < 1.29 is 9.53 Å². The lowest BCUT2D eigenvalue weighted by Gasteiger charge is -2.09. The van der Waals surface area contributed by atoms with Gasteiger partial charge in [-0.25, -0.2) is 14.8 Å². The van der Waals surface area contributed by atoms with Crippen molar-refractivity contribution in [2.75, 3.05) is 23.7 Å². The van der Waals surface area contributed by atoms with E-state index >= 15 is 0 Å². The van der Waals surface area contributed by atoms with Crippen LogP contribution in [0.2, 0.25) is 10.3 Å². The molecule has 0 saturated heterocycles. The lowest BCUT2D eigenvalue weighted by atomic mass is 10.1. The summed E-state index contributed by atoms with van der Waals surface area (Å²) < 4.78 is 8.76. The maximum Gasteiger partial charge on any atom is 0.407 e. The predicted octanol–water partition coefficient (Wildman–Crippen LogP) is 7.41. The van der Waals surface area contributed by atoms with Gasteiger partial charge in [0.15, 0.2) is 17.0 Å². The number of nitrogens with one attached hydrogen (secondary N) is 4. The molecule has 0 bridgehead atoms. The molecule has 49 heavy (non-hydrogen) atoms. The first kappa shape index (κ1) is 34.0. The summed E-state index contributed by atoms with van der Waals surface area (Å²) in [5.41, 5.74) is 5.50. The van der Waals surface area contributed by atoms with Gasteiger partial charge in [-0.2, -0.15) is 15.1 Å². The minimum atomic E-state index is -0.363. The molecule has 4 heterocycles. The second-order valence-electron chi connectivity index (χ2n) is 11.8. The highest BCUT2D eigenvalue weighted by atomic mass is 35.5. The number of carbonyl (C=O) groups excluding carboxylic acids is 1. The second-order valence-corrected chi connectivity index (χ2v) is 12.5. The number of aryl methyl sites for hydroxylation is 1. The molecular formula is C34H39Cl2N11O2. The number of hydrogen-bond acceptors (Lipinski definition) is 9. The highest BCUT2D eigenvalue weighted by Gasteiger charge is 2.15. The number of halogens is 2. The molecule has 0 spiro atoms. The molecule has 15 heteroatoms. The first-order valence-electron chi connectivity index (χ1n) is 16.4. The average molecular weight is 705 g/mol. The van der Waals surface area contributed by atoms with Gasteiger partial charge >= 0.3 is 6.09 Å². The Morgan fingerprint density at radius 1 is 0.939 bits per heavy atom. The van der Waals surface area contributed by atoms with Crippen molar-refractivity contribution in [3.63, 3.8) is 0 Å². The maximum absolute atomic E-state index is 11.8. The van der Waals surface area contributed by atoms with E-state index < -0.39 is 0 Å². The highest BCUT2D eigenvalue weighted by molar-refractivity contribution is 6.34. The molecule has 13 nitrogen and oxygen atoms in total. The number of H-pyrrole nitrogens is 1. The van der Waals surface area contributed by atoms with E-state index in [9.17, 15) is 4.79 Å². The number of alkyl carbamates (subject to hydrolysis) is 1. The van der Waals surface area contributed by atoms with Gasteiger partial charge in [0.25, 0.3) is 0 Å². The van der Waals surface area contributed by atoms with Crippen LogP contribution in [0.25, 0.3) is 27.9 Å². The molecule has 6 aromatic rings. The lowest BCUT2D eigenvalue weighted by molar-refractivity contribution is 0.139. The van der Waals surface area contributed by atoms with Crippen molar-refractivity contribution in [2.24, 2.45) is 7.05 Å². The smallest absolute Gasteiger partial charge is 0.407 e. The summed E-state index contributed by atoms with van der Waals surface area (Å²) in [4.78, 5) is 33.2. The molecule has 0 unspecified atom stereocenters. The summed E-state index contributed by atoms with van der Waals surface area (Å²) in [6.07, 6.45) is 12.6. The molecule has 0 radical (unpaired) electrons. The van der Waals surface area contributed by atoms with Crippen molar-refractivity contribution >= 4 is 63.0 Å². The average Bonchev–Trinajstić information content (AvgIpc) is 3.83. The SMILES string of the molecule is Cn1cc(-n2cnc3c(NCc4nc5cc(Cl)c(NCCCCCCCCCNC(=O)OCc6ccccc6)cc5[nH]4)nc(Cl)nc32)cn1. The number of anilines is 2. The molecule has 2 aromatic carbocycles. The van der Waals surface area contributed by atoms with Crippen LogP contribution in [0.3, 0.4) is 0 Å². The fourth-order valence-corrected chi connectivity index (χ4v) is 5.90. The van der Waals surface area contributed by atoms with Crippen LogP contribution in [0, 0.1) is 0 Å². The predicted molar refractivity (Wildman–Crippen MR) is 192 cm³/mol. The van der Waals surface area contributed by atoms with Crippen LogP contribution in [0.15, 0.2) is 61.2 Å². The molecule has 4 aromatic heterocycles. The van der Waals surface area contributed by atoms with Crippen LogP contribution in [0.4, 0.5) is 16.3 Å². The van der Waals surface area contributed by atoms with Crippen molar-refractivity contribution in [3.05, 3.63) is 82.9 Å². The number of aromatic nitrogens is 8. The lowest BCUT2D eigenvalue weighted by Crippen LogP contribution is -2.25. The highest BCUT2D eigenvalue weighted by Crippen LogP contribution is 2.28. The third kappa shape index (κ3) is 9.18. The standard InChI is InChI=1S/C34H39Cl2N11O2/c1-46-20-24(18-41-46)47-22-40-30-31(44-33(36)45-32(30)47)39-19-29-42-27-16-25(35)26(17-28(27)43-29)37-14-10-5-3-2-4-6-11-15-38-34(48)49-21-23-12-8-7-9-13-23/h7-9,12-13,16-18,20,22,37H,2-6,10-11,14-15,19,21H2,1H3,(H,38,48)(H,42,43)(H,39,44,45). The van der Waals surface area contributed by atoms with Gasteiger partial charge in [0.05, 0.1) is 40.2 Å². The van der Waals surface area contributed by atoms with E-state index in [1.54, 1.807) is 17.2 Å². The number of hydrogen-bond donors (Lipinski definition) is 4. The molecule has 0 atom stereocenters. The van der Waals surface area contributed by atoms with Gasteiger partial charge < -0.3 is 25.7 Å². The Kier molecular flexibility index (Phi) is 11.4. The minimum absolute atomic E-state index is 0.108. The van der Waals surface area contributed by atoms with Gasteiger partial charge in [0.2, 0.25) is 5.28 Å². The molecule has 6 rings (SSSR count). The van der Waals surface area contributed by atoms with Crippen LogP contribution < -0.4 is 16.0 Å². The monoisotopic (exact) mass is 703 g/mol. The number of unbranched alkanes of at least 4 members (excludes halogenated alkanes) is 6. The van der Waals surface area contributed by atoms with E-state index in [4.69, 9.17) is 32.9 Å². The minimum Gasteiger partial charge on any atom is -0.445 e. The second kappa shape index (κ2) is 16.5. The summed E-state index contributed by atoms with van der Waals surface area (Å²) >= 11 is 12.9. The summed E-state index contributed by atoms with van der Waals surface area (Å²) in [5, 5.41) is 14.6. The number of fused-ring (bicyclic) bond motifs is 2. The van der Waals surface area contributed by atoms with Crippen molar-refractivity contribution in [2.45, 2.75) is 58.1 Å². The quantitative estimate of drug-likeness (QED) is 0.0562. The van der Waals surface area contributed by atoms with Crippen LogP contribution in [0.1, 0.15) is 56.3 Å². The third-order valence-electron chi connectivity index (χ3n) is 8.03. The van der Waals surface area contributed by atoms with Crippen LogP contribution in [-0.4, -0.2) is 58.5 Å². The Balaban J connectivity index is 0.891. The Morgan fingerprint density at radius 3 is 2.49 bits per heavy atom. The summed E-state index contributed by atoms with van der Waals surface area (Å²) in [7, 11) is 1.85. The first-order valence-corrected chi connectivity index (χ1v) is 17.2. The van der Waals surface area contributed by atoms with Gasteiger partial charge in [-0.3, -0.25) is 9.25 Å². The largest absolute Gasteiger partial charge is 0.445 e. The number of aromatic amines is 1. The van der Waals surface area contributed by atoms with E-state index in [0.29, 0.717) is 41.7 Å². The Bertz CT molecular complexity index is 1990. The summed E-state index contributed by atoms with van der Waals surface area (Å²) in [6.45, 7) is 2.13. The van der Waals surface area contributed by atoms with Gasteiger partial charge in [-0.1, -0.05) is 74.0 Å². The van der Waals surface area contributed by atoms with E-state index in [1.807, 2.05) is 60.3 Å². The van der Waals surface area contributed by atoms with Gasteiger partial charge in [0, 0.05) is 26.3 Å². The normalized spacial score (nSPS) is 11.3. The van der Waals surface area contributed by atoms with Crippen molar-refractivity contribution in [1.29, 1.82) is 0 Å². The Morgan fingerprint density at radius 2 is 1.71 bits per heavy atom. The topological polar surface area (TPSA) is 152 Å². The molecule has 0 saturated carbocycles. The number of benzene rings is 2. The first-order chi connectivity index (χ1) is 23.9. The van der Waals surface area contributed by atoms with Crippen molar-refractivity contribution in [3.8, 4) is 5.69 Å². The molecule has 256 valence electrons. The number of nitrogens with zero attached hydrogens (tertiary/aromatic N) is 7. The molecule has 0 aliphatic heterocycles. The molecular weight excluding hydrogens is 665 g/mol. The van der Waals surface area contributed by atoms with Crippen LogP contribution in [-0.2, 0) is 24.9 Å². The molecule has 1 amide bonds. The molecule has 0 aliphatic carbocycles. The zero-order chi connectivity index (χ0) is 34.0. The van der Waals surface area contributed by atoms with E-state index in [-0.39, 0.29) is 11.4 Å². The van der Waals surface area contributed by atoms with E-state index in [0.717, 1.165) is 72.4 Å². The molecule has 4 N–H and O–H groups in total. The zero-order valence-electron chi connectivity index (χ0n) is 27.3. The van der Waals surface area contributed by atoms with Crippen molar-refractivity contribution in [1.82, 2.24) is 44.6 Å². The summed E-state index contributed by atoms with van der Waals surface area (Å²) in [5.74, 6) is 1.23. The number of ether oxygens (including phenoxy) is 1. The fraction of sp³-hybridized carbons (Fsp3) is 0.353. The number of amides is 1. The van der Waals surface area contributed by atoms with Gasteiger partial charge in [0.1, 0.15) is 18.8 Å². The Labute approximate surface area is 293 Å². The number of carbonyl (C=O) groups is 1. The summed E-state index contributed by atoms with van der Waals surface area (Å²) in [6, 6.07) is 13.5. The fourth-order valence-electron chi connectivity index (χ4n) is 5.51. The van der Waals surface area contributed by atoms with E-state index in [1.165, 1.54) is 12.8 Å². The van der Waals surface area contributed by atoms with Crippen LogP contribution in [0.5, 0.6) is 0 Å². The number of imidazole rings is 2. The van der Waals surface area contributed by atoms with Gasteiger partial charge in [-0.15, -0.1) is 0 Å². The number of rotatable bonds is 17. The zero-order valence-corrected chi connectivity index (χ0v) is 28.8. The van der Waals surface area contributed by atoms with Gasteiger partial charge in [-0.05, 0) is 42.1 Å². The third-order valence-corrected chi connectivity index (χ3v) is 8.51.